The molecule has 0 unspecified atom stereocenters. The number of oxazole rings is 1. The Hall–Kier alpha value is -2.36. The van der Waals surface area contributed by atoms with E-state index in [0.29, 0.717) is 11.2 Å². The second-order valence-electron chi connectivity index (χ2n) is 3.45. The van der Waals surface area contributed by atoms with Gasteiger partial charge in [0.15, 0.2) is 11.2 Å². The third-order valence-electron chi connectivity index (χ3n) is 2.38. The maximum absolute atomic E-state index is 11.0. The largest absolute Gasteiger partial charge is 0.418 e. The first-order valence-electron chi connectivity index (χ1n) is 4.87. The zero-order valence-corrected chi connectivity index (χ0v) is 8.31. The van der Waals surface area contributed by atoms with Crippen molar-refractivity contribution in [1.29, 1.82) is 0 Å². The summed E-state index contributed by atoms with van der Waals surface area (Å²) in [6, 6.07) is 11.6. The molecule has 4 heteroatoms. The summed E-state index contributed by atoms with van der Waals surface area (Å²) in [4.78, 5) is 17.6. The summed E-state index contributed by atoms with van der Waals surface area (Å²) in [7, 11) is 0. The van der Waals surface area contributed by atoms with Gasteiger partial charge >= 0.3 is 5.76 Å². The zero-order chi connectivity index (χ0) is 11.0. The van der Waals surface area contributed by atoms with Crippen molar-refractivity contribution in [2.45, 2.75) is 0 Å². The van der Waals surface area contributed by atoms with Crippen molar-refractivity contribution in [2.75, 3.05) is 0 Å². The average molecular weight is 212 g/mol. The van der Waals surface area contributed by atoms with E-state index in [1.165, 1.54) is 0 Å². The monoisotopic (exact) mass is 212 g/mol. The van der Waals surface area contributed by atoms with E-state index in [2.05, 4.69) is 9.97 Å². The molecule has 0 atom stereocenters. The SMILES string of the molecule is O=c1[nH]c2ncc(-c3ccccc3)cc2o1. The van der Waals surface area contributed by atoms with Crippen LogP contribution in [0.4, 0.5) is 0 Å². The first-order chi connectivity index (χ1) is 7.83. The van der Waals surface area contributed by atoms with Crippen LogP contribution in [0.3, 0.4) is 0 Å². The lowest BCUT2D eigenvalue weighted by atomic mass is 10.1. The molecule has 0 aliphatic heterocycles. The Kier molecular flexibility index (Phi) is 1.86. The van der Waals surface area contributed by atoms with Crippen LogP contribution in [-0.4, -0.2) is 9.97 Å². The van der Waals surface area contributed by atoms with Gasteiger partial charge in [-0.25, -0.2) is 9.78 Å². The van der Waals surface area contributed by atoms with Crippen molar-refractivity contribution >= 4 is 11.2 Å². The summed E-state index contributed by atoms with van der Waals surface area (Å²) in [5.41, 5.74) is 2.92. The van der Waals surface area contributed by atoms with Crippen LogP contribution in [0.5, 0.6) is 0 Å². The average Bonchev–Trinajstić information content (AvgIpc) is 2.69. The minimum absolute atomic E-state index is 0.477. The molecule has 1 aromatic carbocycles. The van der Waals surface area contributed by atoms with Gasteiger partial charge in [-0.3, -0.25) is 4.98 Å². The van der Waals surface area contributed by atoms with Gasteiger partial charge in [-0.15, -0.1) is 0 Å². The van der Waals surface area contributed by atoms with Gasteiger partial charge in [0.1, 0.15) is 0 Å². The molecule has 0 fully saturated rings. The van der Waals surface area contributed by atoms with E-state index in [0.717, 1.165) is 11.1 Å². The molecule has 0 aliphatic rings. The van der Waals surface area contributed by atoms with Crippen molar-refractivity contribution in [2.24, 2.45) is 0 Å². The zero-order valence-electron chi connectivity index (χ0n) is 8.31. The number of nitrogens with one attached hydrogen (secondary N) is 1. The lowest BCUT2D eigenvalue weighted by Crippen LogP contribution is -1.93. The highest BCUT2D eigenvalue weighted by molar-refractivity contribution is 5.75. The molecule has 0 aliphatic carbocycles. The quantitative estimate of drug-likeness (QED) is 0.672. The molecule has 3 aromatic rings. The van der Waals surface area contributed by atoms with Crippen LogP contribution in [0.1, 0.15) is 0 Å². The molecule has 0 spiro atoms. The van der Waals surface area contributed by atoms with E-state index in [1.807, 2.05) is 30.3 Å². The Balaban J connectivity index is 2.22. The Morgan fingerprint density at radius 1 is 1.12 bits per heavy atom. The number of benzene rings is 1. The Morgan fingerprint density at radius 2 is 1.94 bits per heavy atom. The second kappa shape index (κ2) is 3.34. The molecular formula is C12H8N2O2. The second-order valence-corrected chi connectivity index (χ2v) is 3.45. The smallest absolute Gasteiger partial charge is 0.406 e. The highest BCUT2D eigenvalue weighted by Gasteiger charge is 2.04. The summed E-state index contributed by atoms with van der Waals surface area (Å²) >= 11 is 0. The maximum atomic E-state index is 11.0. The van der Waals surface area contributed by atoms with Gasteiger partial charge in [0.25, 0.3) is 0 Å². The van der Waals surface area contributed by atoms with Gasteiger partial charge < -0.3 is 4.42 Å². The number of H-pyrrole nitrogens is 1. The van der Waals surface area contributed by atoms with Crippen molar-refractivity contribution in [3.05, 3.63) is 53.1 Å². The number of hydrogen-bond donors (Lipinski definition) is 1. The molecule has 2 aromatic heterocycles. The molecule has 3 rings (SSSR count). The highest BCUT2D eigenvalue weighted by atomic mass is 16.4. The van der Waals surface area contributed by atoms with E-state index in [-0.39, 0.29) is 0 Å². The van der Waals surface area contributed by atoms with Gasteiger partial charge in [-0.2, -0.15) is 0 Å². The summed E-state index contributed by atoms with van der Waals surface area (Å²) < 4.78 is 4.96. The normalized spacial score (nSPS) is 10.8. The minimum Gasteiger partial charge on any atom is -0.406 e. The van der Waals surface area contributed by atoms with Gasteiger partial charge in [-0.05, 0) is 11.6 Å². The van der Waals surface area contributed by atoms with Crippen LogP contribution in [0.25, 0.3) is 22.4 Å². The number of fused-ring (bicyclic) bond motifs is 1. The van der Waals surface area contributed by atoms with Crippen LogP contribution in [-0.2, 0) is 0 Å². The molecular weight excluding hydrogens is 204 g/mol. The Bertz CT molecular complexity index is 683. The third-order valence-corrected chi connectivity index (χ3v) is 2.38. The molecule has 0 radical (unpaired) electrons. The number of rotatable bonds is 1. The summed E-state index contributed by atoms with van der Waals surface area (Å²) in [5, 5.41) is 0. The fraction of sp³-hybridized carbons (Fsp3) is 0. The molecule has 0 saturated carbocycles. The lowest BCUT2D eigenvalue weighted by Gasteiger charge is -1.99. The van der Waals surface area contributed by atoms with E-state index < -0.39 is 5.76 Å². The number of aromatic amines is 1. The highest BCUT2D eigenvalue weighted by Crippen LogP contribution is 2.20. The van der Waals surface area contributed by atoms with Crippen LogP contribution in [0.15, 0.2) is 51.8 Å². The van der Waals surface area contributed by atoms with Crippen LogP contribution in [0, 0.1) is 0 Å². The van der Waals surface area contributed by atoms with Gasteiger partial charge in [-0.1, -0.05) is 30.3 Å². The first kappa shape index (κ1) is 8.91. The fourth-order valence-electron chi connectivity index (χ4n) is 1.63. The van der Waals surface area contributed by atoms with E-state index >= 15 is 0 Å². The summed E-state index contributed by atoms with van der Waals surface area (Å²) in [5.74, 6) is -0.479. The number of pyridine rings is 1. The van der Waals surface area contributed by atoms with Gasteiger partial charge in [0, 0.05) is 11.8 Å². The standard InChI is InChI=1S/C12H8N2O2/c15-12-14-11-10(16-12)6-9(7-13-11)8-4-2-1-3-5-8/h1-7H,(H,13,14,15). The van der Waals surface area contributed by atoms with Crippen molar-refractivity contribution in [3.63, 3.8) is 0 Å². The molecule has 78 valence electrons. The molecule has 4 nitrogen and oxygen atoms in total. The first-order valence-corrected chi connectivity index (χ1v) is 4.87. The molecule has 0 amide bonds. The van der Waals surface area contributed by atoms with Crippen LogP contribution >= 0.6 is 0 Å². The summed E-state index contributed by atoms with van der Waals surface area (Å²) in [6.45, 7) is 0. The van der Waals surface area contributed by atoms with E-state index in [9.17, 15) is 4.79 Å². The molecule has 2 heterocycles. The van der Waals surface area contributed by atoms with Crippen LogP contribution in [0.2, 0.25) is 0 Å². The van der Waals surface area contributed by atoms with Gasteiger partial charge in [0.2, 0.25) is 0 Å². The van der Waals surface area contributed by atoms with Crippen molar-refractivity contribution in [1.82, 2.24) is 9.97 Å². The number of hydrogen-bond acceptors (Lipinski definition) is 3. The van der Waals surface area contributed by atoms with Gasteiger partial charge in [0.05, 0.1) is 0 Å². The van der Waals surface area contributed by atoms with E-state index in [1.54, 1.807) is 12.3 Å². The maximum Gasteiger partial charge on any atom is 0.418 e. The lowest BCUT2D eigenvalue weighted by molar-refractivity contribution is 0.555. The molecule has 0 saturated heterocycles. The number of nitrogens with zero attached hydrogens (tertiary/aromatic N) is 1. The van der Waals surface area contributed by atoms with Crippen LogP contribution < -0.4 is 5.76 Å². The Morgan fingerprint density at radius 3 is 2.75 bits per heavy atom. The molecule has 16 heavy (non-hydrogen) atoms. The predicted molar refractivity (Wildman–Crippen MR) is 60.1 cm³/mol. The third kappa shape index (κ3) is 1.40. The minimum atomic E-state index is -0.479. The number of aromatic nitrogens is 2. The fourth-order valence-corrected chi connectivity index (χ4v) is 1.63. The predicted octanol–water partition coefficient (Wildman–Crippen LogP) is 2.18. The van der Waals surface area contributed by atoms with Crippen molar-refractivity contribution < 1.29 is 4.42 Å². The van der Waals surface area contributed by atoms with E-state index in [4.69, 9.17) is 4.42 Å². The molecule has 0 bridgehead atoms. The van der Waals surface area contributed by atoms with Crippen molar-refractivity contribution in [3.8, 4) is 11.1 Å². The molecule has 1 N–H and O–H groups in total. The Labute approximate surface area is 90.6 Å². The topological polar surface area (TPSA) is 58.9 Å². The summed E-state index contributed by atoms with van der Waals surface area (Å²) in [6.07, 6.45) is 1.71.